The van der Waals surface area contributed by atoms with E-state index in [1.54, 1.807) is 13.0 Å². The third kappa shape index (κ3) is 3.42. The highest BCUT2D eigenvalue weighted by Gasteiger charge is 2.24. The van der Waals surface area contributed by atoms with Gasteiger partial charge in [0, 0.05) is 0 Å². The second-order valence-corrected chi connectivity index (χ2v) is 6.50. The third-order valence-corrected chi connectivity index (χ3v) is 4.88. The van der Waals surface area contributed by atoms with Crippen molar-refractivity contribution in [3.05, 3.63) is 27.2 Å². The van der Waals surface area contributed by atoms with E-state index in [1.165, 1.54) is 12.1 Å². The van der Waals surface area contributed by atoms with Crippen LogP contribution in [0.3, 0.4) is 0 Å². The fourth-order valence-corrected chi connectivity index (χ4v) is 3.05. The Balaban J connectivity index is 3.13. The zero-order chi connectivity index (χ0) is 13.9. The van der Waals surface area contributed by atoms with Crippen LogP contribution in [0.15, 0.2) is 12.1 Å². The summed E-state index contributed by atoms with van der Waals surface area (Å²) in [5.74, 6) is 0. The number of anilines is 1. The van der Waals surface area contributed by atoms with Crippen molar-refractivity contribution in [2.24, 2.45) is 0 Å². The summed E-state index contributed by atoms with van der Waals surface area (Å²) in [6, 6.07) is 4.33. The first-order valence-electron chi connectivity index (χ1n) is 4.87. The molecule has 0 saturated heterocycles. The number of sulfonamides is 1. The molecule has 0 heterocycles. The molecular formula is C10H9Cl3N2O2S. The van der Waals surface area contributed by atoms with E-state index < -0.39 is 15.3 Å². The van der Waals surface area contributed by atoms with Crippen LogP contribution in [-0.2, 0) is 10.0 Å². The van der Waals surface area contributed by atoms with Gasteiger partial charge < -0.3 is 0 Å². The Morgan fingerprint density at radius 1 is 1.28 bits per heavy atom. The van der Waals surface area contributed by atoms with Gasteiger partial charge in [0.25, 0.3) is 0 Å². The lowest BCUT2D eigenvalue weighted by Crippen LogP contribution is -2.26. The minimum absolute atomic E-state index is 0.0970. The average Bonchev–Trinajstić information content (AvgIpc) is 2.26. The molecule has 0 aliphatic heterocycles. The Morgan fingerprint density at radius 3 is 2.33 bits per heavy atom. The molecule has 18 heavy (non-hydrogen) atoms. The van der Waals surface area contributed by atoms with Crippen LogP contribution in [0.1, 0.15) is 13.3 Å². The summed E-state index contributed by atoms with van der Waals surface area (Å²) >= 11 is 17.3. The van der Waals surface area contributed by atoms with E-state index in [4.69, 9.17) is 40.1 Å². The minimum atomic E-state index is -3.82. The van der Waals surface area contributed by atoms with Crippen LogP contribution in [0.5, 0.6) is 0 Å². The first-order valence-corrected chi connectivity index (χ1v) is 7.55. The molecule has 1 aromatic rings. The summed E-state index contributed by atoms with van der Waals surface area (Å²) in [7, 11) is -3.82. The summed E-state index contributed by atoms with van der Waals surface area (Å²) in [5, 5.41) is 8.11. The number of benzene rings is 1. The molecule has 0 fully saturated rings. The molecule has 0 aliphatic rings. The highest BCUT2D eigenvalue weighted by atomic mass is 35.5. The van der Waals surface area contributed by atoms with E-state index >= 15 is 0 Å². The van der Waals surface area contributed by atoms with Crippen molar-refractivity contribution in [3.63, 3.8) is 0 Å². The molecule has 0 spiro atoms. The molecule has 1 atom stereocenters. The summed E-state index contributed by atoms with van der Waals surface area (Å²) in [6.45, 7) is 1.60. The Morgan fingerprint density at radius 2 is 1.83 bits per heavy atom. The first-order chi connectivity index (χ1) is 8.31. The van der Waals surface area contributed by atoms with Crippen molar-refractivity contribution in [1.82, 2.24) is 0 Å². The van der Waals surface area contributed by atoms with E-state index in [1.807, 2.05) is 0 Å². The Hall–Kier alpha value is -0.670. The summed E-state index contributed by atoms with van der Waals surface area (Å²) in [6.07, 6.45) is 0.171. The maximum Gasteiger partial charge on any atom is 0.249 e. The van der Waals surface area contributed by atoms with Crippen molar-refractivity contribution >= 4 is 50.5 Å². The van der Waals surface area contributed by atoms with Crippen molar-refractivity contribution in [2.75, 3.05) is 4.72 Å². The number of rotatable bonds is 4. The van der Waals surface area contributed by atoms with Crippen LogP contribution < -0.4 is 4.72 Å². The van der Waals surface area contributed by atoms with Crippen molar-refractivity contribution in [2.45, 2.75) is 18.6 Å². The van der Waals surface area contributed by atoms with Gasteiger partial charge >= 0.3 is 0 Å². The van der Waals surface area contributed by atoms with Crippen LogP contribution in [-0.4, -0.2) is 13.7 Å². The van der Waals surface area contributed by atoms with E-state index in [2.05, 4.69) is 4.72 Å². The number of hydrogen-bond acceptors (Lipinski definition) is 3. The molecule has 0 aromatic heterocycles. The van der Waals surface area contributed by atoms with E-state index in [9.17, 15) is 8.42 Å². The predicted octanol–water partition coefficient (Wildman–Crippen LogP) is 3.69. The normalized spacial score (nSPS) is 12.8. The van der Waals surface area contributed by atoms with Gasteiger partial charge in [0.1, 0.15) is 0 Å². The SMILES string of the molecule is CCC(C#N)S(=O)(=O)Nc1cc(Cl)c(Cl)cc1Cl. The molecule has 0 saturated carbocycles. The molecular weight excluding hydrogens is 319 g/mol. The molecule has 1 N–H and O–H groups in total. The molecule has 1 unspecified atom stereocenters. The predicted molar refractivity (Wildman–Crippen MR) is 73.7 cm³/mol. The zero-order valence-corrected chi connectivity index (χ0v) is 12.3. The number of hydrogen-bond donors (Lipinski definition) is 1. The van der Waals surface area contributed by atoms with Gasteiger partial charge in [0.2, 0.25) is 10.0 Å². The van der Waals surface area contributed by atoms with E-state index in [-0.39, 0.29) is 27.2 Å². The lowest BCUT2D eigenvalue weighted by atomic mass is 10.3. The van der Waals surface area contributed by atoms with Gasteiger partial charge in [0.05, 0.1) is 26.8 Å². The van der Waals surface area contributed by atoms with Gasteiger partial charge in [-0.2, -0.15) is 5.26 Å². The lowest BCUT2D eigenvalue weighted by Gasteiger charge is -2.13. The molecule has 8 heteroatoms. The Kier molecular flexibility index (Phi) is 5.11. The maximum atomic E-state index is 11.8. The van der Waals surface area contributed by atoms with Crippen molar-refractivity contribution < 1.29 is 8.42 Å². The number of nitrogens with zero attached hydrogens (tertiary/aromatic N) is 1. The largest absolute Gasteiger partial charge is 0.281 e. The molecule has 1 rings (SSSR count). The van der Waals surface area contributed by atoms with E-state index in [0.29, 0.717) is 0 Å². The number of nitrogens with one attached hydrogen (secondary N) is 1. The monoisotopic (exact) mass is 326 g/mol. The molecule has 0 radical (unpaired) electrons. The molecule has 4 nitrogen and oxygen atoms in total. The minimum Gasteiger partial charge on any atom is -0.281 e. The highest BCUT2D eigenvalue weighted by Crippen LogP contribution is 2.33. The fraction of sp³-hybridized carbons (Fsp3) is 0.300. The standard InChI is InChI=1S/C10H9Cl3N2O2S/c1-2-6(5-14)18(16,17)15-10-4-8(12)7(11)3-9(10)13/h3-4,6,15H,2H2,1H3. The van der Waals surface area contributed by atoms with Crippen LogP contribution in [0.2, 0.25) is 15.1 Å². The van der Waals surface area contributed by atoms with Gasteiger partial charge in [-0.15, -0.1) is 0 Å². The van der Waals surface area contributed by atoms with Gasteiger partial charge in [-0.3, -0.25) is 4.72 Å². The lowest BCUT2D eigenvalue weighted by molar-refractivity contribution is 0.593. The van der Waals surface area contributed by atoms with Gasteiger partial charge in [-0.25, -0.2) is 8.42 Å². The van der Waals surface area contributed by atoms with Gasteiger partial charge in [-0.05, 0) is 18.6 Å². The average molecular weight is 328 g/mol. The Labute approximate surface area is 121 Å². The summed E-state index contributed by atoms with van der Waals surface area (Å²) < 4.78 is 25.9. The highest BCUT2D eigenvalue weighted by molar-refractivity contribution is 7.93. The quantitative estimate of drug-likeness (QED) is 0.857. The third-order valence-electron chi connectivity index (χ3n) is 2.15. The number of halogens is 3. The van der Waals surface area contributed by atoms with E-state index in [0.717, 1.165) is 0 Å². The number of nitriles is 1. The summed E-state index contributed by atoms with van der Waals surface area (Å²) in [4.78, 5) is 0. The second-order valence-electron chi connectivity index (χ2n) is 3.42. The van der Waals surface area contributed by atoms with Crippen LogP contribution in [0.25, 0.3) is 0 Å². The molecule has 1 aromatic carbocycles. The van der Waals surface area contributed by atoms with Crippen molar-refractivity contribution in [1.29, 1.82) is 5.26 Å². The van der Waals surface area contributed by atoms with Gasteiger partial charge in [0.15, 0.2) is 5.25 Å². The van der Waals surface area contributed by atoms with Gasteiger partial charge in [-0.1, -0.05) is 41.7 Å². The van der Waals surface area contributed by atoms with Crippen LogP contribution in [0.4, 0.5) is 5.69 Å². The molecule has 0 aliphatic carbocycles. The first kappa shape index (κ1) is 15.4. The second kappa shape index (κ2) is 5.98. The zero-order valence-electron chi connectivity index (χ0n) is 9.25. The van der Waals surface area contributed by atoms with Crippen molar-refractivity contribution in [3.8, 4) is 6.07 Å². The smallest absolute Gasteiger partial charge is 0.249 e. The topological polar surface area (TPSA) is 70.0 Å². The molecule has 98 valence electrons. The fourth-order valence-electron chi connectivity index (χ4n) is 1.21. The van der Waals surface area contributed by atoms with Crippen LogP contribution in [0, 0.1) is 11.3 Å². The maximum absolute atomic E-state index is 11.8. The van der Waals surface area contributed by atoms with Crippen LogP contribution >= 0.6 is 34.8 Å². The molecule has 0 amide bonds. The Bertz CT molecular complexity index is 596. The summed E-state index contributed by atoms with van der Waals surface area (Å²) in [5.41, 5.74) is 0.0970. The molecule has 0 bridgehead atoms.